The molecule has 16 heavy (non-hydrogen) atoms. The van der Waals surface area contributed by atoms with Crippen molar-refractivity contribution < 1.29 is 0 Å². The number of hydrogen-bond donors (Lipinski definition) is 1. The second-order valence-electron chi connectivity index (χ2n) is 4.54. The fraction of sp³-hybridized carbons (Fsp3) is 0.500. The van der Waals surface area contributed by atoms with Crippen molar-refractivity contribution in [3.8, 4) is 0 Å². The Morgan fingerprint density at radius 1 is 1.38 bits per heavy atom. The highest BCUT2D eigenvalue weighted by Crippen LogP contribution is 2.43. The molecule has 0 saturated heterocycles. The summed E-state index contributed by atoms with van der Waals surface area (Å²) in [6, 6.07) is 3.81. The molecule has 0 aliphatic carbocycles. The lowest BCUT2D eigenvalue weighted by molar-refractivity contribution is 0.359. The van der Waals surface area contributed by atoms with Crippen LogP contribution in [0, 0.1) is 0 Å². The maximum Gasteiger partial charge on any atom is 0.0657 e. The summed E-state index contributed by atoms with van der Waals surface area (Å²) < 4.78 is 0. The molecule has 1 aliphatic rings. The maximum atomic E-state index is 6.27. The molecule has 1 N–H and O–H groups in total. The molecule has 2 rings (SSSR count). The molecule has 0 radical (unpaired) electrons. The number of benzene rings is 1. The summed E-state index contributed by atoms with van der Waals surface area (Å²) >= 11 is 12.4. The first-order chi connectivity index (χ1) is 7.48. The Balaban J connectivity index is 2.66. The van der Waals surface area contributed by atoms with Gasteiger partial charge in [0.05, 0.1) is 10.7 Å². The van der Waals surface area contributed by atoms with Gasteiger partial charge in [0.15, 0.2) is 0 Å². The number of rotatable bonds is 1. The highest BCUT2D eigenvalue weighted by atomic mass is 35.5. The van der Waals surface area contributed by atoms with E-state index in [4.69, 9.17) is 23.2 Å². The summed E-state index contributed by atoms with van der Waals surface area (Å²) in [5.74, 6) is 0. The summed E-state index contributed by atoms with van der Waals surface area (Å²) in [6.07, 6.45) is 1.05. The van der Waals surface area contributed by atoms with E-state index < -0.39 is 0 Å². The van der Waals surface area contributed by atoms with E-state index in [-0.39, 0.29) is 5.54 Å². The van der Waals surface area contributed by atoms with Crippen LogP contribution in [0.15, 0.2) is 12.1 Å². The molecule has 0 spiro atoms. The Morgan fingerprint density at radius 2 is 2.06 bits per heavy atom. The van der Waals surface area contributed by atoms with Gasteiger partial charge in [-0.25, -0.2) is 0 Å². The van der Waals surface area contributed by atoms with E-state index in [2.05, 4.69) is 24.2 Å². The molecule has 4 heteroatoms. The van der Waals surface area contributed by atoms with E-state index in [1.165, 1.54) is 5.56 Å². The van der Waals surface area contributed by atoms with Crippen molar-refractivity contribution in [2.75, 3.05) is 25.5 Å². The molecular formula is C12H16Cl2N2. The van der Waals surface area contributed by atoms with Gasteiger partial charge in [-0.05, 0) is 38.1 Å². The van der Waals surface area contributed by atoms with Crippen molar-refractivity contribution in [2.24, 2.45) is 0 Å². The Hall–Kier alpha value is -0.440. The summed E-state index contributed by atoms with van der Waals surface area (Å²) in [4.78, 5) is 2.19. The van der Waals surface area contributed by atoms with Crippen molar-refractivity contribution >= 4 is 28.9 Å². The van der Waals surface area contributed by atoms with E-state index in [9.17, 15) is 0 Å². The third kappa shape index (κ3) is 1.79. The van der Waals surface area contributed by atoms with Gasteiger partial charge in [-0.3, -0.25) is 0 Å². The second kappa shape index (κ2) is 4.10. The largest absolute Gasteiger partial charge is 0.373 e. The number of fused-ring (bicyclic) bond motifs is 1. The average molecular weight is 259 g/mol. The average Bonchev–Trinajstić information content (AvgIpc) is 2.23. The molecule has 1 aromatic carbocycles. The van der Waals surface area contributed by atoms with E-state index in [0.717, 1.165) is 23.7 Å². The standard InChI is InChI=1S/C12H16Cl2N2/c1-12(15-2)4-5-16(3)11-9(12)6-8(13)7-10(11)14/h6-7,15H,4-5H2,1-3H3. The minimum absolute atomic E-state index is 0.0453. The fourth-order valence-corrected chi connectivity index (χ4v) is 2.91. The third-order valence-electron chi connectivity index (χ3n) is 3.50. The van der Waals surface area contributed by atoms with Crippen molar-refractivity contribution in [3.63, 3.8) is 0 Å². The van der Waals surface area contributed by atoms with Crippen molar-refractivity contribution in [1.82, 2.24) is 5.32 Å². The highest BCUT2D eigenvalue weighted by Gasteiger charge is 2.34. The zero-order valence-electron chi connectivity index (χ0n) is 9.77. The first-order valence-corrected chi connectivity index (χ1v) is 6.13. The minimum Gasteiger partial charge on any atom is -0.373 e. The van der Waals surface area contributed by atoms with Gasteiger partial charge in [0.2, 0.25) is 0 Å². The normalized spacial score (nSPS) is 24.4. The van der Waals surface area contributed by atoms with Crippen LogP contribution in [-0.4, -0.2) is 20.6 Å². The fourth-order valence-electron chi connectivity index (χ4n) is 2.27. The lowest BCUT2D eigenvalue weighted by atomic mass is 9.84. The van der Waals surface area contributed by atoms with Gasteiger partial charge < -0.3 is 10.2 Å². The minimum atomic E-state index is -0.0453. The van der Waals surface area contributed by atoms with Crippen molar-refractivity contribution in [2.45, 2.75) is 18.9 Å². The SMILES string of the molecule is CNC1(C)CCN(C)c2c(Cl)cc(Cl)cc21. The van der Waals surface area contributed by atoms with E-state index in [1.807, 2.05) is 13.1 Å². The molecule has 1 heterocycles. The molecule has 0 aromatic heterocycles. The summed E-state index contributed by atoms with van der Waals surface area (Å²) in [7, 11) is 4.04. The molecule has 1 atom stereocenters. The molecular weight excluding hydrogens is 243 g/mol. The second-order valence-corrected chi connectivity index (χ2v) is 5.38. The molecule has 0 saturated carbocycles. The molecule has 1 aromatic rings. The Bertz CT molecular complexity index is 420. The van der Waals surface area contributed by atoms with Crippen molar-refractivity contribution in [1.29, 1.82) is 0 Å². The summed E-state index contributed by atoms with van der Waals surface area (Å²) in [5, 5.41) is 4.79. The maximum absolute atomic E-state index is 6.27. The van der Waals surface area contributed by atoms with Crippen molar-refractivity contribution in [3.05, 3.63) is 27.7 Å². The van der Waals surface area contributed by atoms with Crippen LogP contribution in [0.5, 0.6) is 0 Å². The van der Waals surface area contributed by atoms with E-state index in [1.54, 1.807) is 6.07 Å². The quantitative estimate of drug-likeness (QED) is 0.832. The molecule has 2 nitrogen and oxygen atoms in total. The van der Waals surface area contributed by atoms with Crippen LogP contribution < -0.4 is 10.2 Å². The molecule has 0 fully saturated rings. The zero-order valence-corrected chi connectivity index (χ0v) is 11.3. The number of anilines is 1. The highest BCUT2D eigenvalue weighted by molar-refractivity contribution is 6.36. The monoisotopic (exact) mass is 258 g/mol. The van der Waals surface area contributed by atoms with Crippen LogP contribution in [-0.2, 0) is 5.54 Å². The van der Waals surface area contributed by atoms with Gasteiger partial charge in [-0.1, -0.05) is 23.2 Å². The topological polar surface area (TPSA) is 15.3 Å². The molecule has 1 aliphatic heterocycles. The van der Waals surface area contributed by atoms with Crippen LogP contribution in [0.1, 0.15) is 18.9 Å². The predicted octanol–water partition coefficient (Wildman–Crippen LogP) is 3.27. The lowest BCUT2D eigenvalue weighted by Crippen LogP contribution is -2.45. The van der Waals surface area contributed by atoms with Crippen LogP contribution >= 0.6 is 23.2 Å². The van der Waals surface area contributed by atoms with E-state index >= 15 is 0 Å². The predicted molar refractivity (Wildman–Crippen MR) is 70.8 cm³/mol. The third-order valence-corrected chi connectivity index (χ3v) is 4.01. The lowest BCUT2D eigenvalue weighted by Gasteiger charge is -2.41. The molecule has 0 amide bonds. The van der Waals surface area contributed by atoms with Crippen LogP contribution in [0.3, 0.4) is 0 Å². The smallest absolute Gasteiger partial charge is 0.0657 e. The Kier molecular flexibility index (Phi) is 3.08. The Labute approximate surface area is 107 Å². The van der Waals surface area contributed by atoms with Gasteiger partial charge in [0, 0.05) is 24.2 Å². The van der Waals surface area contributed by atoms with Gasteiger partial charge >= 0.3 is 0 Å². The van der Waals surface area contributed by atoms with Gasteiger partial charge in [0.25, 0.3) is 0 Å². The van der Waals surface area contributed by atoms with Gasteiger partial charge in [0.1, 0.15) is 0 Å². The zero-order chi connectivity index (χ0) is 11.9. The van der Waals surface area contributed by atoms with Crippen LogP contribution in [0.4, 0.5) is 5.69 Å². The number of halogens is 2. The number of hydrogen-bond acceptors (Lipinski definition) is 2. The first-order valence-electron chi connectivity index (χ1n) is 5.37. The molecule has 0 bridgehead atoms. The van der Waals surface area contributed by atoms with Crippen LogP contribution in [0.25, 0.3) is 0 Å². The van der Waals surface area contributed by atoms with Gasteiger partial charge in [-0.15, -0.1) is 0 Å². The van der Waals surface area contributed by atoms with Gasteiger partial charge in [-0.2, -0.15) is 0 Å². The summed E-state index contributed by atoms with van der Waals surface area (Å²) in [6.45, 7) is 3.18. The number of nitrogens with one attached hydrogen (secondary N) is 1. The molecule has 88 valence electrons. The number of nitrogens with zero attached hydrogens (tertiary/aromatic N) is 1. The summed E-state index contributed by atoms with van der Waals surface area (Å²) in [5.41, 5.74) is 2.23. The Morgan fingerprint density at radius 3 is 2.69 bits per heavy atom. The first kappa shape index (κ1) is 12.0. The van der Waals surface area contributed by atoms with E-state index in [0.29, 0.717) is 5.02 Å². The van der Waals surface area contributed by atoms with Crippen LogP contribution in [0.2, 0.25) is 10.0 Å². The molecule has 1 unspecified atom stereocenters.